The Morgan fingerprint density at radius 1 is 1.07 bits per heavy atom. The molecular weight excluding hydrogens is 370 g/mol. The first kappa shape index (κ1) is 20.0. The highest BCUT2D eigenvalue weighted by molar-refractivity contribution is 5.96. The van der Waals surface area contributed by atoms with E-state index in [0.717, 1.165) is 16.7 Å². The molecule has 2 N–H and O–H groups in total. The number of nitrogens with one attached hydrogen (secondary N) is 1. The topological polar surface area (TPSA) is 93.6 Å². The standard InChI is InChI=1S/C22H19N3O4/c1-28-11-12-29-22-20(21(26)25-27)13-19(15-24-22)18-8-6-16(7-9-18)4-5-17-3-2-10-23-14-17/h2-3,6-10,13-15,27H,11-12H2,1H3,(H,25,26). The predicted molar refractivity (Wildman–Crippen MR) is 107 cm³/mol. The van der Waals surface area contributed by atoms with Gasteiger partial charge in [0.1, 0.15) is 12.2 Å². The molecule has 0 unspecified atom stereocenters. The number of methoxy groups -OCH3 is 1. The van der Waals surface area contributed by atoms with Crippen LogP contribution in [0.3, 0.4) is 0 Å². The van der Waals surface area contributed by atoms with Gasteiger partial charge in [0.25, 0.3) is 5.91 Å². The Kier molecular flexibility index (Phi) is 6.90. The number of rotatable bonds is 6. The van der Waals surface area contributed by atoms with E-state index < -0.39 is 5.91 Å². The molecule has 146 valence electrons. The van der Waals surface area contributed by atoms with E-state index >= 15 is 0 Å². The highest BCUT2D eigenvalue weighted by atomic mass is 16.5. The number of hydroxylamine groups is 1. The summed E-state index contributed by atoms with van der Waals surface area (Å²) in [4.78, 5) is 20.2. The summed E-state index contributed by atoms with van der Waals surface area (Å²) < 4.78 is 10.4. The summed E-state index contributed by atoms with van der Waals surface area (Å²) in [6.45, 7) is 0.587. The summed E-state index contributed by atoms with van der Waals surface area (Å²) in [6, 6.07) is 12.9. The second-order valence-corrected chi connectivity index (χ2v) is 5.93. The van der Waals surface area contributed by atoms with E-state index in [-0.39, 0.29) is 18.1 Å². The molecular formula is C22H19N3O4. The lowest BCUT2D eigenvalue weighted by Crippen LogP contribution is -2.20. The van der Waals surface area contributed by atoms with Crippen LogP contribution in [0.25, 0.3) is 11.1 Å². The van der Waals surface area contributed by atoms with Crippen molar-refractivity contribution in [2.75, 3.05) is 20.3 Å². The Hall–Kier alpha value is -3.73. The van der Waals surface area contributed by atoms with Crippen molar-refractivity contribution in [3.05, 3.63) is 77.7 Å². The maximum Gasteiger partial charge on any atom is 0.280 e. The molecule has 3 rings (SSSR count). The quantitative estimate of drug-likeness (QED) is 0.291. The van der Waals surface area contributed by atoms with E-state index in [9.17, 15) is 4.79 Å². The van der Waals surface area contributed by atoms with E-state index in [2.05, 4.69) is 21.8 Å². The van der Waals surface area contributed by atoms with Crippen LogP contribution < -0.4 is 10.2 Å². The van der Waals surface area contributed by atoms with Gasteiger partial charge >= 0.3 is 0 Å². The zero-order valence-corrected chi connectivity index (χ0v) is 15.8. The second-order valence-electron chi connectivity index (χ2n) is 5.93. The van der Waals surface area contributed by atoms with Gasteiger partial charge < -0.3 is 9.47 Å². The van der Waals surface area contributed by atoms with Gasteiger partial charge in [0.15, 0.2) is 0 Å². The van der Waals surface area contributed by atoms with E-state index in [1.807, 2.05) is 36.4 Å². The Labute approximate surface area is 168 Å². The van der Waals surface area contributed by atoms with Crippen molar-refractivity contribution in [1.29, 1.82) is 0 Å². The minimum absolute atomic E-state index is 0.122. The zero-order valence-electron chi connectivity index (χ0n) is 15.8. The van der Waals surface area contributed by atoms with Gasteiger partial charge in [-0.05, 0) is 35.9 Å². The molecule has 0 atom stereocenters. The fraction of sp³-hybridized carbons (Fsp3) is 0.136. The summed E-state index contributed by atoms with van der Waals surface area (Å²) >= 11 is 0. The molecule has 0 saturated heterocycles. The number of nitrogens with zero attached hydrogens (tertiary/aromatic N) is 2. The van der Waals surface area contributed by atoms with Crippen LogP contribution in [0.1, 0.15) is 21.5 Å². The average Bonchev–Trinajstić information content (AvgIpc) is 2.78. The van der Waals surface area contributed by atoms with Crippen LogP contribution in [0, 0.1) is 11.8 Å². The van der Waals surface area contributed by atoms with Crippen LogP contribution >= 0.6 is 0 Å². The van der Waals surface area contributed by atoms with Gasteiger partial charge in [0.2, 0.25) is 5.88 Å². The molecule has 0 saturated carbocycles. The summed E-state index contributed by atoms with van der Waals surface area (Å²) in [5, 5.41) is 9.01. The number of amides is 1. The number of hydrogen-bond acceptors (Lipinski definition) is 6. The molecule has 0 aliphatic rings. The SMILES string of the molecule is COCCOc1ncc(-c2ccc(C#Cc3cccnc3)cc2)cc1C(=O)NO. The minimum Gasteiger partial charge on any atom is -0.475 e. The molecule has 7 heteroatoms. The highest BCUT2D eigenvalue weighted by Crippen LogP contribution is 2.25. The molecule has 0 bridgehead atoms. The third-order valence-electron chi connectivity index (χ3n) is 3.95. The first-order valence-corrected chi connectivity index (χ1v) is 8.80. The monoisotopic (exact) mass is 389 g/mol. The maximum atomic E-state index is 12.0. The average molecular weight is 389 g/mol. The van der Waals surface area contributed by atoms with Gasteiger partial charge in [-0.25, -0.2) is 10.5 Å². The van der Waals surface area contributed by atoms with Gasteiger partial charge in [-0.15, -0.1) is 0 Å². The van der Waals surface area contributed by atoms with Crippen molar-refractivity contribution in [2.24, 2.45) is 0 Å². The summed E-state index contributed by atoms with van der Waals surface area (Å²) in [6.07, 6.45) is 5.01. The predicted octanol–water partition coefficient (Wildman–Crippen LogP) is 2.69. The first-order valence-electron chi connectivity index (χ1n) is 8.80. The smallest absolute Gasteiger partial charge is 0.280 e. The molecule has 2 aromatic heterocycles. The zero-order chi connectivity index (χ0) is 20.5. The number of aromatic nitrogens is 2. The fourth-order valence-corrected chi connectivity index (χ4v) is 2.50. The van der Waals surface area contributed by atoms with Crippen LogP contribution in [0.5, 0.6) is 5.88 Å². The van der Waals surface area contributed by atoms with Gasteiger partial charge in [-0.1, -0.05) is 24.0 Å². The van der Waals surface area contributed by atoms with Crippen molar-refractivity contribution >= 4 is 5.91 Å². The molecule has 0 fully saturated rings. The van der Waals surface area contributed by atoms with E-state index in [1.165, 1.54) is 0 Å². The molecule has 0 radical (unpaired) electrons. The molecule has 1 aromatic carbocycles. The molecule has 0 spiro atoms. The Morgan fingerprint density at radius 3 is 2.55 bits per heavy atom. The Balaban J connectivity index is 1.82. The summed E-state index contributed by atoms with van der Waals surface area (Å²) in [7, 11) is 1.55. The Bertz CT molecular complexity index is 1030. The largest absolute Gasteiger partial charge is 0.475 e. The van der Waals surface area contributed by atoms with Crippen molar-refractivity contribution in [1.82, 2.24) is 15.4 Å². The first-order chi connectivity index (χ1) is 14.2. The highest BCUT2D eigenvalue weighted by Gasteiger charge is 2.15. The van der Waals surface area contributed by atoms with E-state index in [0.29, 0.717) is 12.2 Å². The lowest BCUT2D eigenvalue weighted by atomic mass is 10.0. The van der Waals surface area contributed by atoms with Crippen molar-refractivity contribution in [3.8, 4) is 28.8 Å². The normalized spacial score (nSPS) is 10.0. The van der Waals surface area contributed by atoms with Crippen LogP contribution in [0.15, 0.2) is 61.1 Å². The summed E-state index contributed by atoms with van der Waals surface area (Å²) in [5.74, 6) is 5.55. The number of carbonyl (C=O) groups is 1. The number of carbonyl (C=O) groups excluding carboxylic acids is 1. The molecule has 1 amide bonds. The molecule has 2 heterocycles. The molecule has 29 heavy (non-hydrogen) atoms. The fourth-order valence-electron chi connectivity index (χ4n) is 2.50. The maximum absolute atomic E-state index is 12.0. The van der Waals surface area contributed by atoms with Crippen molar-refractivity contribution in [3.63, 3.8) is 0 Å². The molecule has 0 aliphatic carbocycles. The number of hydrogen-bond donors (Lipinski definition) is 2. The number of benzene rings is 1. The third kappa shape index (κ3) is 5.39. The molecule has 0 aliphatic heterocycles. The van der Waals surface area contributed by atoms with E-state index in [1.54, 1.807) is 37.2 Å². The Morgan fingerprint density at radius 2 is 1.86 bits per heavy atom. The third-order valence-corrected chi connectivity index (χ3v) is 3.95. The lowest BCUT2D eigenvalue weighted by Gasteiger charge is -2.11. The van der Waals surface area contributed by atoms with Crippen molar-refractivity contribution < 1.29 is 19.5 Å². The van der Waals surface area contributed by atoms with Crippen LogP contribution in [-0.4, -0.2) is 41.4 Å². The van der Waals surface area contributed by atoms with E-state index in [4.69, 9.17) is 14.7 Å². The lowest BCUT2D eigenvalue weighted by molar-refractivity contribution is 0.0698. The van der Waals surface area contributed by atoms with Crippen LogP contribution in [-0.2, 0) is 4.74 Å². The molecule has 7 nitrogen and oxygen atoms in total. The molecule has 3 aromatic rings. The van der Waals surface area contributed by atoms with Gasteiger partial charge in [-0.2, -0.15) is 0 Å². The van der Waals surface area contributed by atoms with Gasteiger partial charge in [0, 0.05) is 42.4 Å². The van der Waals surface area contributed by atoms with Crippen LogP contribution in [0.4, 0.5) is 0 Å². The number of pyridine rings is 2. The van der Waals surface area contributed by atoms with Gasteiger partial charge in [0.05, 0.1) is 6.61 Å². The minimum atomic E-state index is -0.703. The second kappa shape index (κ2) is 9.99. The van der Waals surface area contributed by atoms with Gasteiger partial charge in [-0.3, -0.25) is 15.0 Å². The summed E-state index contributed by atoms with van der Waals surface area (Å²) in [5.41, 5.74) is 4.98. The number of ether oxygens (including phenoxy) is 2. The van der Waals surface area contributed by atoms with Crippen LogP contribution in [0.2, 0.25) is 0 Å². The van der Waals surface area contributed by atoms with Crippen molar-refractivity contribution in [2.45, 2.75) is 0 Å².